The summed E-state index contributed by atoms with van der Waals surface area (Å²) in [5.74, 6) is 0. The van der Waals surface area contributed by atoms with Gasteiger partial charge in [-0.05, 0) is 38.0 Å². The number of aliphatic imine (C=N–C) groups is 1. The molecule has 0 N–H and O–H groups in total. The zero-order valence-electron chi connectivity index (χ0n) is 8.47. The molecular formula is C11H12ClNO. The van der Waals surface area contributed by atoms with Crippen molar-refractivity contribution in [1.82, 2.24) is 0 Å². The Hall–Kier alpha value is -1.11. The van der Waals surface area contributed by atoms with Gasteiger partial charge in [0, 0.05) is 5.02 Å². The van der Waals surface area contributed by atoms with Crippen molar-refractivity contribution >= 4 is 17.7 Å². The molecule has 0 unspecified atom stereocenters. The molecule has 1 aromatic carbocycles. The lowest BCUT2D eigenvalue weighted by Crippen LogP contribution is -2.15. The van der Waals surface area contributed by atoms with Crippen molar-refractivity contribution in [2.24, 2.45) is 4.99 Å². The van der Waals surface area contributed by atoms with Gasteiger partial charge in [0.05, 0.1) is 5.54 Å². The van der Waals surface area contributed by atoms with Gasteiger partial charge in [0.25, 0.3) is 0 Å². The van der Waals surface area contributed by atoms with Gasteiger partial charge in [-0.1, -0.05) is 23.7 Å². The predicted octanol–water partition coefficient (Wildman–Crippen LogP) is 3.22. The molecule has 0 saturated carbocycles. The van der Waals surface area contributed by atoms with Crippen LogP contribution in [0.4, 0.5) is 0 Å². The number of hydrogen-bond donors (Lipinski definition) is 0. The summed E-state index contributed by atoms with van der Waals surface area (Å²) < 4.78 is 0. The maximum atomic E-state index is 10.3. The van der Waals surface area contributed by atoms with Crippen molar-refractivity contribution in [3.63, 3.8) is 0 Å². The van der Waals surface area contributed by atoms with E-state index in [9.17, 15) is 4.79 Å². The van der Waals surface area contributed by atoms with Crippen molar-refractivity contribution in [2.75, 3.05) is 0 Å². The van der Waals surface area contributed by atoms with E-state index in [0.717, 1.165) is 11.1 Å². The average Bonchev–Trinajstić information content (AvgIpc) is 2.09. The SMILES string of the molecule is Cc1c(Cl)cccc1C(C)(C)N=C=O. The fourth-order valence-corrected chi connectivity index (χ4v) is 1.62. The van der Waals surface area contributed by atoms with E-state index >= 15 is 0 Å². The first kappa shape index (κ1) is 11.0. The number of isocyanates is 1. The van der Waals surface area contributed by atoms with E-state index in [4.69, 9.17) is 11.6 Å². The van der Waals surface area contributed by atoms with Crippen LogP contribution in [0.25, 0.3) is 0 Å². The number of hydrogen-bond acceptors (Lipinski definition) is 2. The van der Waals surface area contributed by atoms with E-state index < -0.39 is 5.54 Å². The minimum Gasteiger partial charge on any atom is -0.211 e. The Labute approximate surface area is 88.6 Å². The average molecular weight is 210 g/mol. The summed E-state index contributed by atoms with van der Waals surface area (Å²) >= 11 is 5.98. The monoisotopic (exact) mass is 209 g/mol. The summed E-state index contributed by atoms with van der Waals surface area (Å²) in [6.07, 6.45) is 1.59. The molecule has 0 atom stereocenters. The first-order chi connectivity index (χ1) is 6.49. The van der Waals surface area contributed by atoms with Crippen LogP contribution < -0.4 is 0 Å². The number of halogens is 1. The normalized spacial score (nSPS) is 10.9. The van der Waals surface area contributed by atoms with Gasteiger partial charge >= 0.3 is 0 Å². The number of rotatable bonds is 2. The molecule has 3 heteroatoms. The van der Waals surface area contributed by atoms with Crippen molar-refractivity contribution in [1.29, 1.82) is 0 Å². The third kappa shape index (κ3) is 2.03. The predicted molar refractivity (Wildman–Crippen MR) is 57.3 cm³/mol. The third-order valence-corrected chi connectivity index (χ3v) is 2.66. The zero-order chi connectivity index (χ0) is 10.8. The summed E-state index contributed by atoms with van der Waals surface area (Å²) in [5.41, 5.74) is 1.35. The van der Waals surface area contributed by atoms with Crippen LogP contribution >= 0.6 is 11.6 Å². The fraction of sp³-hybridized carbons (Fsp3) is 0.364. The van der Waals surface area contributed by atoms with Crippen LogP contribution in [0.5, 0.6) is 0 Å². The molecule has 74 valence electrons. The van der Waals surface area contributed by atoms with Gasteiger partial charge in [0.1, 0.15) is 0 Å². The van der Waals surface area contributed by atoms with Gasteiger partial charge in [-0.3, -0.25) is 0 Å². The van der Waals surface area contributed by atoms with Gasteiger partial charge in [0.2, 0.25) is 6.08 Å². The smallest absolute Gasteiger partial charge is 0.211 e. The van der Waals surface area contributed by atoms with Crippen LogP contribution in [-0.4, -0.2) is 6.08 Å². The lowest BCUT2D eigenvalue weighted by Gasteiger charge is -2.20. The van der Waals surface area contributed by atoms with Gasteiger partial charge in [-0.2, -0.15) is 4.99 Å². The lowest BCUT2D eigenvalue weighted by molar-refractivity contribution is 0.521. The van der Waals surface area contributed by atoms with Crippen molar-refractivity contribution in [2.45, 2.75) is 26.3 Å². The van der Waals surface area contributed by atoms with E-state index in [2.05, 4.69) is 4.99 Å². The Morgan fingerprint density at radius 2 is 2.07 bits per heavy atom. The van der Waals surface area contributed by atoms with E-state index in [-0.39, 0.29) is 0 Å². The van der Waals surface area contributed by atoms with Crippen LogP contribution in [-0.2, 0) is 10.3 Å². The first-order valence-corrected chi connectivity index (χ1v) is 4.71. The summed E-state index contributed by atoms with van der Waals surface area (Å²) in [7, 11) is 0. The molecule has 0 saturated heterocycles. The van der Waals surface area contributed by atoms with Crippen molar-refractivity contribution in [3.8, 4) is 0 Å². The van der Waals surface area contributed by atoms with Crippen LogP contribution in [0.3, 0.4) is 0 Å². The second-order valence-electron chi connectivity index (χ2n) is 3.67. The minimum absolute atomic E-state index is 0.559. The van der Waals surface area contributed by atoms with E-state index in [0.29, 0.717) is 5.02 Å². The number of benzene rings is 1. The van der Waals surface area contributed by atoms with Crippen LogP contribution in [0.15, 0.2) is 23.2 Å². The highest BCUT2D eigenvalue weighted by atomic mass is 35.5. The summed E-state index contributed by atoms with van der Waals surface area (Å²) in [6.45, 7) is 5.63. The molecule has 0 heterocycles. The molecule has 0 aromatic heterocycles. The van der Waals surface area contributed by atoms with E-state index in [1.54, 1.807) is 6.08 Å². The Morgan fingerprint density at radius 3 is 2.64 bits per heavy atom. The molecule has 1 rings (SSSR count). The standard InChI is InChI=1S/C11H12ClNO/c1-8-9(5-4-6-10(8)12)11(2,3)13-7-14/h4-6H,1-3H3. The maximum Gasteiger partial charge on any atom is 0.235 e. The molecule has 0 spiro atoms. The van der Waals surface area contributed by atoms with Crippen LogP contribution in [0.1, 0.15) is 25.0 Å². The molecule has 0 fully saturated rings. The fourth-order valence-electron chi connectivity index (χ4n) is 1.44. The minimum atomic E-state index is -0.559. The molecule has 0 aliphatic heterocycles. The maximum absolute atomic E-state index is 10.3. The second-order valence-corrected chi connectivity index (χ2v) is 4.08. The largest absolute Gasteiger partial charge is 0.235 e. The molecule has 2 nitrogen and oxygen atoms in total. The topological polar surface area (TPSA) is 29.4 Å². The molecule has 1 aromatic rings. The quantitative estimate of drug-likeness (QED) is 0.543. The van der Waals surface area contributed by atoms with E-state index in [1.807, 2.05) is 39.0 Å². The van der Waals surface area contributed by atoms with Crippen LogP contribution in [0, 0.1) is 6.92 Å². The zero-order valence-corrected chi connectivity index (χ0v) is 9.22. The van der Waals surface area contributed by atoms with Gasteiger partial charge in [0.15, 0.2) is 0 Å². The lowest BCUT2D eigenvalue weighted by atomic mass is 9.91. The molecule has 0 bridgehead atoms. The molecule has 0 aliphatic rings. The first-order valence-electron chi connectivity index (χ1n) is 4.33. The van der Waals surface area contributed by atoms with Crippen molar-refractivity contribution in [3.05, 3.63) is 34.3 Å². The highest BCUT2D eigenvalue weighted by molar-refractivity contribution is 6.31. The Kier molecular flexibility index (Phi) is 3.10. The highest BCUT2D eigenvalue weighted by Crippen LogP contribution is 2.30. The number of carbonyl (C=O) groups excluding carboxylic acids is 1. The molecule has 0 amide bonds. The molecular weight excluding hydrogens is 198 g/mol. The van der Waals surface area contributed by atoms with Crippen molar-refractivity contribution < 1.29 is 4.79 Å². The number of nitrogens with zero attached hydrogens (tertiary/aromatic N) is 1. The summed E-state index contributed by atoms with van der Waals surface area (Å²) in [5, 5.41) is 0.691. The molecule has 0 aliphatic carbocycles. The summed E-state index contributed by atoms with van der Waals surface area (Å²) in [4.78, 5) is 14.0. The van der Waals surface area contributed by atoms with E-state index in [1.165, 1.54) is 0 Å². The summed E-state index contributed by atoms with van der Waals surface area (Å²) in [6, 6.07) is 5.59. The van der Waals surface area contributed by atoms with Gasteiger partial charge < -0.3 is 0 Å². The van der Waals surface area contributed by atoms with Crippen LogP contribution in [0.2, 0.25) is 5.02 Å². The Morgan fingerprint density at radius 1 is 1.43 bits per heavy atom. The van der Waals surface area contributed by atoms with Gasteiger partial charge in [-0.15, -0.1) is 0 Å². The molecule has 0 radical (unpaired) electrons. The highest BCUT2D eigenvalue weighted by Gasteiger charge is 2.22. The molecule has 14 heavy (non-hydrogen) atoms. The van der Waals surface area contributed by atoms with Gasteiger partial charge in [-0.25, -0.2) is 4.79 Å². The second kappa shape index (κ2) is 3.95. The Bertz CT molecular complexity index is 392. The Balaban J connectivity index is 3.32. The third-order valence-electron chi connectivity index (χ3n) is 2.25.